The second kappa shape index (κ2) is 21.9. The van der Waals surface area contributed by atoms with Crippen LogP contribution >= 0.6 is 11.3 Å². The summed E-state index contributed by atoms with van der Waals surface area (Å²) < 4.78 is 46.6. The van der Waals surface area contributed by atoms with Gasteiger partial charge in [0.25, 0.3) is 5.91 Å². The van der Waals surface area contributed by atoms with Gasteiger partial charge in [0.05, 0.1) is 58.3 Å². The van der Waals surface area contributed by atoms with E-state index in [-0.39, 0.29) is 63.7 Å². The van der Waals surface area contributed by atoms with E-state index >= 15 is 0 Å². The maximum Gasteiger partial charge on any atom is 0.417 e. The van der Waals surface area contributed by atoms with Crippen molar-refractivity contribution in [3.8, 4) is 16.5 Å². The van der Waals surface area contributed by atoms with Gasteiger partial charge in [-0.15, -0.1) is 11.3 Å². The molecule has 372 valence electrons. The minimum absolute atomic E-state index is 0.0157. The molecule has 6 rings (SSSR count). The molecule has 3 heterocycles. The molecule has 20 heteroatoms. The molecule has 16 nitrogen and oxygen atoms in total. The number of aryl methyl sites for hydroxylation is 2. The molecule has 1 aromatic heterocycles. The summed E-state index contributed by atoms with van der Waals surface area (Å²) >= 11 is 1.55. The largest absolute Gasteiger partial charge is 0.417 e. The van der Waals surface area contributed by atoms with Crippen LogP contribution in [0.4, 0.5) is 29.3 Å². The standard InChI is InChI=1S/C50H57F3N8O8S/c1-30-42(70-29-57-30)33-14-10-32(11-15-33)27-56-44(65)39-25-37(62)28-59(39)45(66)43(48(2,3)4)58-41(64)20-22-69-23-21-55-40(63)9-7-8-31-12-17-35(18-13-31)61-47(68)60(46(67)49(61,5)6)36-19-16-34(26-54)38(24-36)50(51,52)53/h10-19,24,29,37,39,43,62H,7-9,20-23,25,27-28H2,1-6H3,(H,55,63)(H,56,65)(H,58,64)/t37-,39+,43-/m1/s1. The number of aromatic nitrogens is 1. The smallest absolute Gasteiger partial charge is 0.391 e. The molecule has 3 atom stereocenters. The number of carbonyl (C=O) groups excluding carboxylic acids is 6. The van der Waals surface area contributed by atoms with Crippen molar-refractivity contribution in [1.29, 1.82) is 5.26 Å². The molecule has 2 aliphatic heterocycles. The lowest BCUT2D eigenvalue weighted by atomic mass is 9.85. The second-order valence-corrected chi connectivity index (χ2v) is 19.7. The highest BCUT2D eigenvalue weighted by Crippen LogP contribution is 2.40. The molecule has 0 aliphatic carbocycles. The lowest BCUT2D eigenvalue weighted by molar-refractivity contribution is -0.144. The lowest BCUT2D eigenvalue weighted by Gasteiger charge is -2.35. The van der Waals surface area contributed by atoms with Gasteiger partial charge >= 0.3 is 12.2 Å². The summed E-state index contributed by atoms with van der Waals surface area (Å²) in [5.41, 5.74) is 1.41. The summed E-state index contributed by atoms with van der Waals surface area (Å²) in [4.78, 5) is 88.6. The Labute approximate surface area is 408 Å². The number of aliphatic hydroxyl groups is 1. The van der Waals surface area contributed by atoms with Crippen LogP contribution in [0, 0.1) is 23.7 Å². The first-order chi connectivity index (χ1) is 33.0. The van der Waals surface area contributed by atoms with Gasteiger partial charge in [-0.05, 0) is 86.1 Å². The Morgan fingerprint density at radius 1 is 0.943 bits per heavy atom. The number of ether oxygens (including phenoxy) is 1. The van der Waals surface area contributed by atoms with E-state index in [1.807, 2.05) is 31.2 Å². The molecule has 4 N–H and O–H groups in total. The Bertz CT molecular complexity index is 2620. The number of imide groups is 1. The van der Waals surface area contributed by atoms with Crippen molar-refractivity contribution in [2.75, 3.05) is 36.1 Å². The second-order valence-electron chi connectivity index (χ2n) is 18.8. The predicted molar refractivity (Wildman–Crippen MR) is 255 cm³/mol. The van der Waals surface area contributed by atoms with Crippen LogP contribution in [0.5, 0.6) is 0 Å². The van der Waals surface area contributed by atoms with Crippen molar-refractivity contribution in [2.24, 2.45) is 5.41 Å². The summed E-state index contributed by atoms with van der Waals surface area (Å²) in [6.07, 6.45) is -4.63. The molecule has 0 unspecified atom stereocenters. The lowest BCUT2D eigenvalue weighted by Crippen LogP contribution is -2.57. The molecule has 0 radical (unpaired) electrons. The number of thiazole rings is 1. The van der Waals surface area contributed by atoms with Crippen LogP contribution in [0.2, 0.25) is 0 Å². The molecule has 0 saturated carbocycles. The number of nitrogens with zero attached hydrogens (tertiary/aromatic N) is 5. The molecular formula is C50H57F3N8O8S. The number of β-amino-alcohol motifs (C(OH)–C–C–N with tert-alkyl or cyclic N) is 1. The number of alkyl halides is 3. The van der Waals surface area contributed by atoms with Crippen LogP contribution in [0.25, 0.3) is 10.4 Å². The Kier molecular flexibility index (Phi) is 16.5. The number of hydrogen-bond donors (Lipinski definition) is 4. The molecule has 70 heavy (non-hydrogen) atoms. The number of nitriles is 1. The summed E-state index contributed by atoms with van der Waals surface area (Å²) in [6.45, 7) is 10.8. The third kappa shape index (κ3) is 12.4. The van der Waals surface area contributed by atoms with Crippen molar-refractivity contribution >= 4 is 58.3 Å². The minimum atomic E-state index is -4.88. The molecular weight excluding hydrogens is 930 g/mol. The van der Waals surface area contributed by atoms with Crippen LogP contribution in [0.15, 0.2) is 72.2 Å². The third-order valence-corrected chi connectivity index (χ3v) is 13.2. The molecule has 7 amide bonds. The Morgan fingerprint density at radius 3 is 2.24 bits per heavy atom. The number of amides is 7. The zero-order valence-corrected chi connectivity index (χ0v) is 40.6. The average Bonchev–Trinajstić information content (AvgIpc) is 3.97. The number of aliphatic hydroxyl groups excluding tert-OH is 1. The van der Waals surface area contributed by atoms with Gasteiger partial charge in [0, 0.05) is 44.6 Å². The fourth-order valence-corrected chi connectivity index (χ4v) is 9.17. The van der Waals surface area contributed by atoms with Gasteiger partial charge in [-0.1, -0.05) is 57.2 Å². The molecule has 0 bridgehead atoms. The van der Waals surface area contributed by atoms with E-state index in [2.05, 4.69) is 20.9 Å². The maximum atomic E-state index is 14.0. The van der Waals surface area contributed by atoms with Crippen molar-refractivity contribution in [3.63, 3.8) is 0 Å². The Balaban J connectivity index is 0.900. The van der Waals surface area contributed by atoms with E-state index in [1.54, 1.807) is 61.9 Å². The fourth-order valence-electron chi connectivity index (χ4n) is 8.36. The van der Waals surface area contributed by atoms with E-state index in [9.17, 15) is 47.0 Å². The molecule has 3 aromatic carbocycles. The summed E-state index contributed by atoms with van der Waals surface area (Å²) in [6, 6.07) is 15.9. The van der Waals surface area contributed by atoms with Crippen molar-refractivity contribution in [2.45, 2.75) is 110 Å². The number of halogens is 3. The van der Waals surface area contributed by atoms with E-state index in [4.69, 9.17) is 10.00 Å². The average molecular weight is 987 g/mol. The van der Waals surface area contributed by atoms with Crippen molar-refractivity contribution < 1.29 is 51.8 Å². The zero-order valence-electron chi connectivity index (χ0n) is 39.8. The number of benzene rings is 3. The molecule has 0 spiro atoms. The van der Waals surface area contributed by atoms with E-state index in [1.165, 1.54) is 29.7 Å². The van der Waals surface area contributed by atoms with Crippen molar-refractivity contribution in [3.05, 3.63) is 100 Å². The normalized spacial score (nSPS) is 17.4. The molecule has 2 fully saturated rings. The monoisotopic (exact) mass is 986 g/mol. The first kappa shape index (κ1) is 52.7. The Hall–Kier alpha value is -6.69. The van der Waals surface area contributed by atoms with Gasteiger partial charge < -0.3 is 30.7 Å². The summed E-state index contributed by atoms with van der Waals surface area (Å²) in [5, 5.41) is 28.2. The van der Waals surface area contributed by atoms with E-state index in [0.29, 0.717) is 29.5 Å². The third-order valence-electron chi connectivity index (χ3n) is 12.2. The van der Waals surface area contributed by atoms with Gasteiger partial charge in [0.2, 0.25) is 23.6 Å². The highest BCUT2D eigenvalue weighted by Gasteiger charge is 2.53. The van der Waals surface area contributed by atoms with Crippen molar-refractivity contribution in [1.82, 2.24) is 25.8 Å². The fraction of sp³-hybridized carbons (Fsp3) is 0.440. The topological polar surface area (TPSA) is 214 Å². The predicted octanol–water partition coefficient (Wildman–Crippen LogP) is 6.42. The Morgan fingerprint density at radius 2 is 1.61 bits per heavy atom. The molecule has 2 aliphatic rings. The number of anilines is 2. The number of rotatable bonds is 18. The van der Waals surface area contributed by atoms with Crippen LogP contribution in [-0.4, -0.2) is 101 Å². The van der Waals surface area contributed by atoms with Crippen LogP contribution in [0.1, 0.15) is 88.2 Å². The van der Waals surface area contributed by atoms with Gasteiger partial charge in [-0.25, -0.2) is 14.7 Å². The van der Waals surface area contributed by atoms with E-state index in [0.717, 1.165) is 39.4 Å². The first-order valence-corrected chi connectivity index (χ1v) is 23.7. The highest BCUT2D eigenvalue weighted by molar-refractivity contribution is 7.13. The van der Waals surface area contributed by atoms with Gasteiger partial charge in [-0.2, -0.15) is 18.4 Å². The van der Waals surface area contributed by atoms with Gasteiger partial charge in [0.15, 0.2) is 0 Å². The highest BCUT2D eigenvalue weighted by atomic mass is 32.1. The molecule has 4 aromatic rings. The van der Waals surface area contributed by atoms with Crippen LogP contribution < -0.4 is 25.8 Å². The molecule has 2 saturated heterocycles. The number of likely N-dealkylation sites (tertiary alicyclic amines) is 1. The summed E-state index contributed by atoms with van der Waals surface area (Å²) in [5.74, 6) is -2.29. The van der Waals surface area contributed by atoms with Crippen LogP contribution in [-0.2, 0) is 47.9 Å². The minimum Gasteiger partial charge on any atom is -0.391 e. The maximum absolute atomic E-state index is 14.0. The zero-order chi connectivity index (χ0) is 51.1. The number of urea groups is 1. The number of carbonyl (C=O) groups is 6. The number of nitrogens with one attached hydrogen (secondary N) is 3. The van der Waals surface area contributed by atoms with Gasteiger partial charge in [0.1, 0.15) is 17.6 Å². The van der Waals surface area contributed by atoms with Crippen LogP contribution in [0.3, 0.4) is 0 Å². The van der Waals surface area contributed by atoms with Gasteiger partial charge in [-0.3, -0.25) is 28.9 Å². The first-order valence-electron chi connectivity index (χ1n) is 22.8. The SMILES string of the molecule is Cc1ncsc1-c1ccc(CNC(=O)[C@@H]2C[C@@H](O)CN2C(=O)[C@@H](NC(=O)CCOCCNC(=O)CCCc2ccc(N3C(=O)N(c4ccc(C#N)c(C(F)(F)F)c4)C(=O)C3(C)C)cc2)C(C)(C)C)cc1. The van der Waals surface area contributed by atoms with E-state index < -0.39 is 76.1 Å². The quantitative estimate of drug-likeness (QED) is 0.0635. The number of hydrogen-bond acceptors (Lipinski definition) is 11. The summed E-state index contributed by atoms with van der Waals surface area (Å²) in [7, 11) is 0.